The first-order valence-corrected chi connectivity index (χ1v) is 8.03. The summed E-state index contributed by atoms with van der Waals surface area (Å²) in [5.74, 6) is 0.745. The molecule has 1 aliphatic rings. The fraction of sp³-hybridized carbons (Fsp3) is 0.600. The average molecular weight is 264 g/mol. The van der Waals surface area contributed by atoms with Crippen LogP contribution in [0.1, 0.15) is 24.9 Å². The fourth-order valence-electron chi connectivity index (χ4n) is 2.90. The largest absolute Gasteiger partial charge is 0.317 e. The van der Waals surface area contributed by atoms with Gasteiger partial charge in [0.2, 0.25) is 0 Å². The predicted molar refractivity (Wildman–Crippen MR) is 80.2 cm³/mol. The molecule has 0 bridgehead atoms. The molecule has 0 saturated carbocycles. The molecule has 1 aromatic carbocycles. The summed E-state index contributed by atoms with van der Waals surface area (Å²) in [6.45, 7) is 5.60. The molecule has 0 aromatic heterocycles. The molecule has 18 heavy (non-hydrogen) atoms. The maximum atomic E-state index is 3.50. The molecule has 0 radical (unpaired) electrons. The van der Waals surface area contributed by atoms with Gasteiger partial charge < -0.3 is 5.32 Å². The minimum Gasteiger partial charge on any atom is -0.317 e. The summed E-state index contributed by atoms with van der Waals surface area (Å²) in [7, 11) is 2.25. The molecule has 100 valence electrons. The van der Waals surface area contributed by atoms with Crippen LogP contribution >= 0.6 is 11.8 Å². The number of hydrogen-bond acceptors (Lipinski definition) is 3. The summed E-state index contributed by atoms with van der Waals surface area (Å²) in [6.07, 6.45) is 3.43. The van der Waals surface area contributed by atoms with Crippen molar-refractivity contribution in [2.75, 3.05) is 32.9 Å². The van der Waals surface area contributed by atoms with Gasteiger partial charge in [-0.2, -0.15) is 0 Å². The van der Waals surface area contributed by atoms with E-state index in [0.29, 0.717) is 6.04 Å². The lowest BCUT2D eigenvalue weighted by atomic mass is 9.94. The maximum absolute atomic E-state index is 3.50. The molecule has 0 spiro atoms. The van der Waals surface area contributed by atoms with Crippen molar-refractivity contribution in [2.45, 2.75) is 24.3 Å². The number of rotatable bonds is 5. The van der Waals surface area contributed by atoms with Crippen LogP contribution in [0.15, 0.2) is 29.2 Å². The van der Waals surface area contributed by atoms with Crippen molar-refractivity contribution in [3.63, 3.8) is 0 Å². The van der Waals surface area contributed by atoms with E-state index in [1.54, 1.807) is 0 Å². The summed E-state index contributed by atoms with van der Waals surface area (Å²) in [5, 5.41) is 3.50. The van der Waals surface area contributed by atoms with Crippen LogP contribution in [0, 0.1) is 5.92 Å². The Morgan fingerprint density at radius 2 is 2.06 bits per heavy atom. The zero-order chi connectivity index (χ0) is 13.0. The van der Waals surface area contributed by atoms with E-state index in [2.05, 4.69) is 54.7 Å². The van der Waals surface area contributed by atoms with E-state index in [4.69, 9.17) is 0 Å². The zero-order valence-electron chi connectivity index (χ0n) is 11.6. The second-order valence-electron chi connectivity index (χ2n) is 5.06. The van der Waals surface area contributed by atoms with Gasteiger partial charge >= 0.3 is 0 Å². The molecule has 2 atom stereocenters. The molecule has 3 heteroatoms. The van der Waals surface area contributed by atoms with Gasteiger partial charge in [0.25, 0.3) is 0 Å². The summed E-state index contributed by atoms with van der Waals surface area (Å²) in [6, 6.07) is 9.68. The molecule has 2 nitrogen and oxygen atoms in total. The highest BCUT2D eigenvalue weighted by atomic mass is 32.2. The average Bonchev–Trinajstić information content (AvgIpc) is 2.77. The van der Waals surface area contributed by atoms with Crippen LogP contribution in [0.4, 0.5) is 0 Å². The van der Waals surface area contributed by atoms with E-state index in [0.717, 1.165) is 19.0 Å². The maximum Gasteiger partial charge on any atom is 0.0385 e. The van der Waals surface area contributed by atoms with Crippen LogP contribution in [-0.2, 0) is 0 Å². The molecule has 1 aliphatic heterocycles. The molecule has 2 rings (SSSR count). The van der Waals surface area contributed by atoms with E-state index in [-0.39, 0.29) is 0 Å². The summed E-state index contributed by atoms with van der Waals surface area (Å²) < 4.78 is 0. The molecule has 1 N–H and O–H groups in total. The Bertz CT molecular complexity index is 363. The van der Waals surface area contributed by atoms with Crippen LogP contribution < -0.4 is 5.32 Å². The van der Waals surface area contributed by atoms with Gasteiger partial charge in [-0.1, -0.05) is 19.1 Å². The number of likely N-dealkylation sites (tertiary alicyclic amines) is 1. The van der Waals surface area contributed by atoms with Crippen LogP contribution in [-0.4, -0.2) is 37.8 Å². The summed E-state index contributed by atoms with van der Waals surface area (Å²) >= 11 is 1.81. The van der Waals surface area contributed by atoms with E-state index >= 15 is 0 Å². The lowest BCUT2D eigenvalue weighted by Gasteiger charge is -2.26. The minimum atomic E-state index is 0.583. The lowest BCUT2D eigenvalue weighted by molar-refractivity contribution is 0.273. The normalized spacial score (nSPS) is 24.6. The number of hydrogen-bond donors (Lipinski definition) is 1. The first-order valence-electron chi connectivity index (χ1n) is 6.81. The second-order valence-corrected chi connectivity index (χ2v) is 5.93. The number of thioether (sulfide) groups is 1. The Labute approximate surface area is 115 Å². The molecule has 1 fully saturated rings. The highest BCUT2D eigenvalue weighted by Crippen LogP contribution is 2.36. The molecule has 0 aliphatic carbocycles. The SMILES string of the molecule is CCNCC1CCN(C)C1c1ccc(SC)cc1. The lowest BCUT2D eigenvalue weighted by Crippen LogP contribution is -2.28. The topological polar surface area (TPSA) is 15.3 Å². The molecule has 1 heterocycles. The van der Waals surface area contributed by atoms with E-state index in [1.165, 1.54) is 23.4 Å². The fourth-order valence-corrected chi connectivity index (χ4v) is 3.31. The van der Waals surface area contributed by atoms with Crippen molar-refractivity contribution in [1.29, 1.82) is 0 Å². The van der Waals surface area contributed by atoms with Crippen molar-refractivity contribution >= 4 is 11.8 Å². The van der Waals surface area contributed by atoms with Gasteiger partial charge in [-0.05, 0) is 63.0 Å². The monoisotopic (exact) mass is 264 g/mol. The number of nitrogens with one attached hydrogen (secondary N) is 1. The second kappa shape index (κ2) is 6.60. The van der Waals surface area contributed by atoms with Crippen LogP contribution in [0.25, 0.3) is 0 Å². The Balaban J connectivity index is 2.11. The van der Waals surface area contributed by atoms with Gasteiger partial charge in [-0.3, -0.25) is 4.90 Å². The number of benzene rings is 1. The van der Waals surface area contributed by atoms with Crippen molar-refractivity contribution in [3.8, 4) is 0 Å². The zero-order valence-corrected chi connectivity index (χ0v) is 12.5. The Morgan fingerprint density at radius 1 is 1.33 bits per heavy atom. The molecular formula is C15H24N2S. The first kappa shape index (κ1) is 13.9. The summed E-state index contributed by atoms with van der Waals surface area (Å²) in [4.78, 5) is 3.85. The van der Waals surface area contributed by atoms with E-state index < -0.39 is 0 Å². The van der Waals surface area contributed by atoms with Crippen LogP contribution in [0.3, 0.4) is 0 Å². The van der Waals surface area contributed by atoms with Crippen molar-refractivity contribution in [3.05, 3.63) is 29.8 Å². The smallest absolute Gasteiger partial charge is 0.0385 e. The van der Waals surface area contributed by atoms with Gasteiger partial charge in [-0.15, -0.1) is 11.8 Å². The van der Waals surface area contributed by atoms with E-state index in [1.807, 2.05) is 11.8 Å². The van der Waals surface area contributed by atoms with Gasteiger partial charge in [-0.25, -0.2) is 0 Å². The van der Waals surface area contributed by atoms with Crippen LogP contribution in [0.2, 0.25) is 0 Å². The highest BCUT2D eigenvalue weighted by Gasteiger charge is 2.32. The standard InChI is InChI=1S/C15H24N2S/c1-4-16-11-13-9-10-17(2)15(13)12-5-7-14(18-3)8-6-12/h5-8,13,15-16H,4,9-11H2,1-3H3. The van der Waals surface area contributed by atoms with Gasteiger partial charge in [0.15, 0.2) is 0 Å². The quantitative estimate of drug-likeness (QED) is 0.823. The van der Waals surface area contributed by atoms with Crippen molar-refractivity contribution in [1.82, 2.24) is 10.2 Å². The number of nitrogens with zero attached hydrogens (tertiary/aromatic N) is 1. The van der Waals surface area contributed by atoms with Crippen molar-refractivity contribution in [2.24, 2.45) is 5.92 Å². The van der Waals surface area contributed by atoms with Gasteiger partial charge in [0.1, 0.15) is 0 Å². The Morgan fingerprint density at radius 3 is 2.67 bits per heavy atom. The third kappa shape index (κ3) is 3.08. The summed E-state index contributed by atoms with van der Waals surface area (Å²) in [5.41, 5.74) is 1.47. The third-order valence-corrected chi connectivity index (χ3v) is 4.63. The molecule has 0 amide bonds. The highest BCUT2D eigenvalue weighted by molar-refractivity contribution is 7.98. The predicted octanol–water partition coefficient (Wildman–Crippen LogP) is 3.01. The molecular weight excluding hydrogens is 240 g/mol. The Kier molecular flexibility index (Phi) is 5.10. The third-order valence-electron chi connectivity index (χ3n) is 3.89. The first-order chi connectivity index (χ1) is 8.76. The van der Waals surface area contributed by atoms with E-state index in [9.17, 15) is 0 Å². The van der Waals surface area contributed by atoms with Crippen molar-refractivity contribution < 1.29 is 0 Å². The molecule has 2 unspecified atom stereocenters. The van der Waals surface area contributed by atoms with Gasteiger partial charge in [0, 0.05) is 10.9 Å². The van der Waals surface area contributed by atoms with Crippen LogP contribution in [0.5, 0.6) is 0 Å². The minimum absolute atomic E-state index is 0.583. The van der Waals surface area contributed by atoms with Gasteiger partial charge in [0.05, 0.1) is 0 Å². The molecule has 1 aromatic rings. The molecule has 1 saturated heterocycles. The Hall–Kier alpha value is -0.510.